The molecule has 4 saturated carbocycles. The molecule has 1 N–H and O–H groups in total. The average molecular weight is 448 g/mol. The molecule has 1 aromatic carbocycles. The number of nitrogens with zero attached hydrogens (tertiary/aromatic N) is 2. The van der Waals surface area contributed by atoms with Crippen molar-refractivity contribution in [3.63, 3.8) is 0 Å². The number of nitrogens with one attached hydrogen (secondary N) is 1. The van der Waals surface area contributed by atoms with Gasteiger partial charge in [-0.15, -0.1) is 0 Å². The second-order valence-electron chi connectivity index (χ2n) is 10.1. The van der Waals surface area contributed by atoms with Gasteiger partial charge in [-0.1, -0.05) is 0 Å². The van der Waals surface area contributed by atoms with E-state index < -0.39 is 14.9 Å². The first kappa shape index (κ1) is 20.9. The first-order valence-corrected chi connectivity index (χ1v) is 12.7. The molecule has 1 amide bonds. The van der Waals surface area contributed by atoms with Crippen LogP contribution in [0.1, 0.15) is 51.4 Å². The van der Waals surface area contributed by atoms with Crippen molar-refractivity contribution in [3.8, 4) is 0 Å². The van der Waals surface area contributed by atoms with Crippen LogP contribution in [-0.4, -0.2) is 42.7 Å². The van der Waals surface area contributed by atoms with Crippen molar-refractivity contribution in [3.05, 3.63) is 34.4 Å². The first-order chi connectivity index (χ1) is 14.7. The molecule has 8 nitrogen and oxygen atoms in total. The van der Waals surface area contributed by atoms with Crippen molar-refractivity contribution in [2.75, 3.05) is 13.1 Å². The first-order valence-electron chi connectivity index (χ1n) is 11.3. The molecule has 4 bridgehead atoms. The molecule has 1 aliphatic heterocycles. The van der Waals surface area contributed by atoms with Gasteiger partial charge in [0, 0.05) is 36.7 Å². The number of hydrogen-bond acceptors (Lipinski definition) is 5. The molecule has 31 heavy (non-hydrogen) atoms. The van der Waals surface area contributed by atoms with E-state index in [9.17, 15) is 23.3 Å². The van der Waals surface area contributed by atoms with Crippen LogP contribution in [0.5, 0.6) is 0 Å². The summed E-state index contributed by atoms with van der Waals surface area (Å²) >= 11 is 0. The summed E-state index contributed by atoms with van der Waals surface area (Å²) in [4.78, 5) is 23.6. The average Bonchev–Trinajstić information content (AvgIpc) is 2.73. The molecule has 9 heteroatoms. The van der Waals surface area contributed by atoms with Gasteiger partial charge in [-0.05, 0) is 81.3 Å². The fourth-order valence-electron chi connectivity index (χ4n) is 6.86. The molecular weight excluding hydrogens is 418 g/mol. The minimum Gasteiger partial charge on any atom is -0.353 e. The summed E-state index contributed by atoms with van der Waals surface area (Å²) in [5.41, 5.74) is -0.318. The summed E-state index contributed by atoms with van der Waals surface area (Å²) in [7, 11) is -3.70. The molecule has 0 unspecified atom stereocenters. The lowest BCUT2D eigenvalue weighted by Gasteiger charge is -2.56. The van der Waals surface area contributed by atoms with Gasteiger partial charge in [-0.25, -0.2) is 8.42 Å². The Morgan fingerprint density at radius 3 is 2.00 bits per heavy atom. The van der Waals surface area contributed by atoms with Crippen LogP contribution in [0, 0.1) is 33.3 Å². The van der Waals surface area contributed by atoms with E-state index in [2.05, 4.69) is 5.32 Å². The van der Waals surface area contributed by atoms with Crippen molar-refractivity contribution >= 4 is 21.6 Å². The Bertz CT molecular complexity index is 948. The maximum absolute atomic E-state index is 13.3. The summed E-state index contributed by atoms with van der Waals surface area (Å²) in [5.74, 6) is 2.34. The predicted octanol–water partition coefficient (Wildman–Crippen LogP) is 3.08. The summed E-state index contributed by atoms with van der Waals surface area (Å²) in [5, 5.41) is 14.1. The van der Waals surface area contributed by atoms with E-state index in [4.69, 9.17) is 0 Å². The molecule has 5 aliphatic rings. The van der Waals surface area contributed by atoms with E-state index in [1.54, 1.807) is 0 Å². The zero-order valence-corrected chi connectivity index (χ0v) is 18.4. The van der Waals surface area contributed by atoms with Crippen molar-refractivity contribution in [1.82, 2.24) is 9.62 Å². The Morgan fingerprint density at radius 1 is 1.00 bits per heavy atom. The number of nitro benzene ring substituents is 1. The Morgan fingerprint density at radius 2 is 1.52 bits per heavy atom. The van der Waals surface area contributed by atoms with E-state index in [-0.39, 0.29) is 27.9 Å². The Labute approximate surface area is 182 Å². The summed E-state index contributed by atoms with van der Waals surface area (Å²) in [6.07, 6.45) is 8.14. The number of carbonyl (C=O) groups excluding carboxylic acids is 1. The van der Waals surface area contributed by atoms with Gasteiger partial charge in [0.25, 0.3) is 5.69 Å². The van der Waals surface area contributed by atoms with Crippen LogP contribution in [0.15, 0.2) is 29.2 Å². The number of amides is 1. The van der Waals surface area contributed by atoms with Gasteiger partial charge in [-0.2, -0.15) is 4.31 Å². The third-order valence-electron chi connectivity index (χ3n) is 7.99. The monoisotopic (exact) mass is 447 g/mol. The fourth-order valence-corrected chi connectivity index (χ4v) is 8.33. The van der Waals surface area contributed by atoms with Crippen LogP contribution >= 0.6 is 0 Å². The van der Waals surface area contributed by atoms with Crippen molar-refractivity contribution < 1.29 is 18.1 Å². The van der Waals surface area contributed by atoms with Crippen LogP contribution in [0.3, 0.4) is 0 Å². The van der Waals surface area contributed by atoms with E-state index in [1.807, 2.05) is 0 Å². The number of hydrogen-bond donors (Lipinski definition) is 1. The maximum atomic E-state index is 13.3. The van der Waals surface area contributed by atoms with Gasteiger partial charge in [0.2, 0.25) is 15.9 Å². The molecule has 1 saturated heterocycles. The number of benzene rings is 1. The molecule has 0 atom stereocenters. The van der Waals surface area contributed by atoms with Gasteiger partial charge in [0.15, 0.2) is 0 Å². The SMILES string of the molecule is O=C(NC1CCN(S(=O)(=O)c2ccc([N+](=O)[O-])cc2)CC1)C12CC3CC(CC(C3)C1)C2. The zero-order chi connectivity index (χ0) is 21.8. The summed E-state index contributed by atoms with van der Waals surface area (Å²) in [6.45, 7) is 0.677. The van der Waals surface area contributed by atoms with E-state index >= 15 is 0 Å². The normalized spacial score (nSPS) is 33.4. The summed E-state index contributed by atoms with van der Waals surface area (Å²) < 4.78 is 27.2. The number of nitro groups is 1. The number of carbonyl (C=O) groups is 1. The molecule has 0 radical (unpaired) electrons. The predicted molar refractivity (Wildman–Crippen MR) is 114 cm³/mol. The topological polar surface area (TPSA) is 110 Å². The highest BCUT2D eigenvalue weighted by Gasteiger charge is 2.54. The quantitative estimate of drug-likeness (QED) is 0.551. The molecule has 4 aliphatic carbocycles. The van der Waals surface area contributed by atoms with Crippen LogP contribution in [0.4, 0.5) is 5.69 Å². The molecule has 6 rings (SSSR count). The molecular formula is C22H29N3O5S. The Kier molecular flexibility index (Phi) is 5.08. The largest absolute Gasteiger partial charge is 0.353 e. The van der Waals surface area contributed by atoms with E-state index in [1.165, 1.54) is 47.8 Å². The lowest BCUT2D eigenvalue weighted by atomic mass is 9.49. The Hall–Kier alpha value is -2.00. The van der Waals surface area contributed by atoms with Crippen LogP contribution in [-0.2, 0) is 14.8 Å². The molecule has 1 heterocycles. The van der Waals surface area contributed by atoms with E-state index in [0.29, 0.717) is 43.7 Å². The minimum absolute atomic E-state index is 0.00353. The van der Waals surface area contributed by atoms with Gasteiger partial charge >= 0.3 is 0 Å². The summed E-state index contributed by atoms with van der Waals surface area (Å²) in [6, 6.07) is 5.00. The van der Waals surface area contributed by atoms with Crippen molar-refractivity contribution in [2.45, 2.75) is 62.3 Å². The second-order valence-corrected chi connectivity index (χ2v) is 12.0. The van der Waals surface area contributed by atoms with Crippen LogP contribution in [0.2, 0.25) is 0 Å². The highest BCUT2D eigenvalue weighted by Crippen LogP contribution is 2.60. The van der Waals surface area contributed by atoms with Crippen molar-refractivity contribution in [2.24, 2.45) is 23.2 Å². The van der Waals surface area contributed by atoms with Crippen LogP contribution in [0.25, 0.3) is 0 Å². The van der Waals surface area contributed by atoms with Crippen molar-refractivity contribution in [1.29, 1.82) is 0 Å². The highest BCUT2D eigenvalue weighted by molar-refractivity contribution is 7.89. The number of non-ortho nitro benzene ring substituents is 1. The lowest BCUT2D eigenvalue weighted by Crippen LogP contribution is -2.56. The third kappa shape index (κ3) is 3.75. The molecule has 1 aromatic rings. The third-order valence-corrected chi connectivity index (χ3v) is 9.91. The standard InChI is InChI=1S/C22H29N3O5S/c26-21(22-12-15-9-16(13-22)11-17(10-15)14-22)23-18-5-7-24(8-6-18)31(29,30)20-3-1-19(2-4-20)25(27)28/h1-4,15-18H,5-14H2,(H,23,26). The second kappa shape index (κ2) is 7.55. The Balaban J connectivity index is 1.20. The maximum Gasteiger partial charge on any atom is 0.269 e. The molecule has 0 aromatic heterocycles. The smallest absolute Gasteiger partial charge is 0.269 e. The fraction of sp³-hybridized carbons (Fsp3) is 0.682. The lowest BCUT2D eigenvalue weighted by molar-refractivity contribution is -0.384. The number of sulfonamides is 1. The van der Waals surface area contributed by atoms with E-state index in [0.717, 1.165) is 19.3 Å². The molecule has 0 spiro atoms. The number of piperidine rings is 1. The highest BCUT2D eigenvalue weighted by atomic mass is 32.2. The zero-order valence-electron chi connectivity index (χ0n) is 17.5. The number of rotatable bonds is 5. The van der Waals surface area contributed by atoms with Gasteiger partial charge in [0.1, 0.15) is 0 Å². The minimum atomic E-state index is -3.70. The molecule has 5 fully saturated rings. The van der Waals surface area contributed by atoms with Crippen LogP contribution < -0.4 is 5.32 Å². The van der Waals surface area contributed by atoms with Gasteiger partial charge in [0.05, 0.1) is 9.82 Å². The van der Waals surface area contributed by atoms with Gasteiger partial charge in [-0.3, -0.25) is 14.9 Å². The van der Waals surface area contributed by atoms with Gasteiger partial charge < -0.3 is 5.32 Å². The molecule has 168 valence electrons.